The molecule has 0 aliphatic rings. The van der Waals surface area contributed by atoms with Crippen LogP contribution in [-0.2, 0) is 6.54 Å². The number of aryl methyl sites for hydroxylation is 2. The van der Waals surface area contributed by atoms with Crippen molar-refractivity contribution in [2.75, 3.05) is 17.7 Å². The van der Waals surface area contributed by atoms with E-state index in [4.69, 9.17) is 0 Å². The van der Waals surface area contributed by atoms with E-state index in [0.717, 1.165) is 28.6 Å². The highest BCUT2D eigenvalue weighted by molar-refractivity contribution is 5.60. The van der Waals surface area contributed by atoms with Crippen LogP contribution in [0.5, 0.6) is 0 Å². The van der Waals surface area contributed by atoms with Gasteiger partial charge in [-0.05, 0) is 34.6 Å². The molecular formula is C15H24N6O. The molecule has 120 valence electrons. The van der Waals surface area contributed by atoms with E-state index in [2.05, 4.69) is 25.7 Å². The summed E-state index contributed by atoms with van der Waals surface area (Å²) in [6, 6.07) is 1.88. The highest BCUT2D eigenvalue weighted by Crippen LogP contribution is 2.24. The van der Waals surface area contributed by atoms with Crippen LogP contribution in [0, 0.1) is 20.8 Å². The quantitative estimate of drug-likeness (QED) is 0.784. The van der Waals surface area contributed by atoms with Crippen molar-refractivity contribution >= 4 is 17.5 Å². The topological polar surface area (TPSA) is 87.9 Å². The van der Waals surface area contributed by atoms with Gasteiger partial charge in [0.05, 0.1) is 29.2 Å². The highest BCUT2D eigenvalue weighted by atomic mass is 16.3. The first-order valence-corrected chi connectivity index (χ1v) is 7.26. The van der Waals surface area contributed by atoms with Crippen molar-refractivity contribution in [3.05, 3.63) is 23.1 Å². The fourth-order valence-corrected chi connectivity index (χ4v) is 2.26. The van der Waals surface area contributed by atoms with Gasteiger partial charge >= 0.3 is 0 Å². The van der Waals surface area contributed by atoms with Crippen LogP contribution in [0.2, 0.25) is 0 Å². The van der Waals surface area contributed by atoms with Gasteiger partial charge in [0.1, 0.15) is 5.82 Å². The summed E-state index contributed by atoms with van der Waals surface area (Å²) in [4.78, 5) is 8.79. The number of rotatable bonds is 5. The maximum Gasteiger partial charge on any atom is 0.229 e. The molecule has 0 aliphatic carbocycles. The van der Waals surface area contributed by atoms with E-state index < -0.39 is 5.60 Å². The second-order valence-electron chi connectivity index (χ2n) is 6.11. The molecule has 7 heteroatoms. The molecule has 0 fully saturated rings. The molecule has 0 spiro atoms. The number of nitrogens with one attached hydrogen (secondary N) is 2. The van der Waals surface area contributed by atoms with Crippen LogP contribution in [0.25, 0.3) is 0 Å². The second kappa shape index (κ2) is 5.92. The van der Waals surface area contributed by atoms with Gasteiger partial charge in [-0.3, -0.25) is 4.68 Å². The van der Waals surface area contributed by atoms with Crippen LogP contribution in [-0.4, -0.2) is 37.5 Å². The average molecular weight is 304 g/mol. The molecule has 0 aromatic carbocycles. The number of anilines is 3. The van der Waals surface area contributed by atoms with Crippen LogP contribution < -0.4 is 10.6 Å². The van der Waals surface area contributed by atoms with Gasteiger partial charge in [-0.15, -0.1) is 0 Å². The maximum absolute atomic E-state index is 9.98. The summed E-state index contributed by atoms with van der Waals surface area (Å²) in [5, 5.41) is 20.7. The third-order valence-corrected chi connectivity index (χ3v) is 3.27. The van der Waals surface area contributed by atoms with E-state index in [0.29, 0.717) is 12.5 Å². The smallest absolute Gasteiger partial charge is 0.229 e. The molecule has 0 saturated carbocycles. The summed E-state index contributed by atoms with van der Waals surface area (Å²) in [7, 11) is 1.82. The molecule has 7 nitrogen and oxygen atoms in total. The molecule has 0 bridgehead atoms. The number of aromatic nitrogens is 4. The van der Waals surface area contributed by atoms with Crippen molar-refractivity contribution in [2.24, 2.45) is 0 Å². The van der Waals surface area contributed by atoms with Crippen LogP contribution in [0.15, 0.2) is 6.07 Å². The van der Waals surface area contributed by atoms with Crippen molar-refractivity contribution < 1.29 is 5.11 Å². The predicted octanol–water partition coefficient (Wildman–Crippen LogP) is 2.15. The monoisotopic (exact) mass is 304 g/mol. The second-order valence-corrected chi connectivity index (χ2v) is 6.11. The molecule has 0 atom stereocenters. The van der Waals surface area contributed by atoms with Gasteiger partial charge in [-0.25, -0.2) is 4.98 Å². The van der Waals surface area contributed by atoms with Crippen molar-refractivity contribution in [1.29, 1.82) is 0 Å². The third-order valence-electron chi connectivity index (χ3n) is 3.27. The van der Waals surface area contributed by atoms with Crippen LogP contribution >= 0.6 is 0 Å². The fraction of sp³-hybridized carbons (Fsp3) is 0.533. The SMILES string of the molecule is CNc1cc(C)nc(Nc2c(C)nn(CC(C)(C)O)c2C)n1. The molecule has 0 radical (unpaired) electrons. The Morgan fingerprint density at radius 3 is 2.50 bits per heavy atom. The van der Waals surface area contributed by atoms with E-state index in [1.807, 2.05) is 33.9 Å². The molecule has 0 saturated heterocycles. The lowest BCUT2D eigenvalue weighted by Crippen LogP contribution is -2.27. The Hall–Kier alpha value is -2.15. The molecule has 2 rings (SSSR count). The van der Waals surface area contributed by atoms with Crippen molar-refractivity contribution in [2.45, 2.75) is 46.8 Å². The van der Waals surface area contributed by atoms with Crippen LogP contribution in [0.3, 0.4) is 0 Å². The molecule has 2 heterocycles. The Bertz CT molecular complexity index is 671. The number of hydrogen-bond acceptors (Lipinski definition) is 6. The molecule has 0 amide bonds. The van der Waals surface area contributed by atoms with Gasteiger partial charge in [0.15, 0.2) is 0 Å². The first-order valence-electron chi connectivity index (χ1n) is 7.26. The van der Waals surface area contributed by atoms with E-state index >= 15 is 0 Å². The highest BCUT2D eigenvalue weighted by Gasteiger charge is 2.19. The maximum atomic E-state index is 9.98. The molecule has 22 heavy (non-hydrogen) atoms. The lowest BCUT2D eigenvalue weighted by molar-refractivity contribution is 0.0570. The Morgan fingerprint density at radius 2 is 1.91 bits per heavy atom. The number of hydrogen-bond donors (Lipinski definition) is 3. The van der Waals surface area contributed by atoms with Gasteiger partial charge < -0.3 is 15.7 Å². The first-order chi connectivity index (χ1) is 10.2. The van der Waals surface area contributed by atoms with Gasteiger partial charge in [-0.1, -0.05) is 0 Å². The van der Waals surface area contributed by atoms with Gasteiger partial charge in [0.2, 0.25) is 5.95 Å². The van der Waals surface area contributed by atoms with Crippen LogP contribution in [0.4, 0.5) is 17.5 Å². The number of aliphatic hydroxyl groups is 1. The minimum atomic E-state index is -0.820. The number of nitrogens with zero attached hydrogens (tertiary/aromatic N) is 4. The largest absolute Gasteiger partial charge is 0.389 e. The lowest BCUT2D eigenvalue weighted by Gasteiger charge is -2.18. The van der Waals surface area contributed by atoms with E-state index in [-0.39, 0.29) is 0 Å². The standard InChI is InChI=1S/C15H24N6O/c1-9-7-12(16-6)18-14(17-9)19-13-10(2)20-21(11(13)3)8-15(4,5)22/h7,22H,8H2,1-6H3,(H2,16,17,18,19). The predicted molar refractivity (Wildman–Crippen MR) is 87.6 cm³/mol. The van der Waals surface area contributed by atoms with Crippen molar-refractivity contribution in [3.63, 3.8) is 0 Å². The molecule has 0 unspecified atom stereocenters. The van der Waals surface area contributed by atoms with Crippen LogP contribution in [0.1, 0.15) is 30.9 Å². The fourth-order valence-electron chi connectivity index (χ4n) is 2.26. The summed E-state index contributed by atoms with van der Waals surface area (Å²) >= 11 is 0. The summed E-state index contributed by atoms with van der Waals surface area (Å²) in [6.07, 6.45) is 0. The molecule has 0 aliphatic heterocycles. The van der Waals surface area contributed by atoms with Gasteiger partial charge in [0, 0.05) is 18.8 Å². The van der Waals surface area contributed by atoms with E-state index in [1.165, 1.54) is 0 Å². The average Bonchev–Trinajstić information content (AvgIpc) is 2.64. The summed E-state index contributed by atoms with van der Waals surface area (Å²) in [5.41, 5.74) is 2.71. The summed E-state index contributed by atoms with van der Waals surface area (Å²) in [6.45, 7) is 9.76. The third kappa shape index (κ3) is 3.73. The molecule has 3 N–H and O–H groups in total. The van der Waals surface area contributed by atoms with Gasteiger partial charge in [-0.2, -0.15) is 10.1 Å². The Morgan fingerprint density at radius 1 is 1.23 bits per heavy atom. The molecule has 2 aromatic rings. The Labute approximate surface area is 130 Å². The Balaban J connectivity index is 2.32. The zero-order valence-electron chi connectivity index (χ0n) is 14.0. The van der Waals surface area contributed by atoms with Crippen molar-refractivity contribution in [1.82, 2.24) is 19.7 Å². The summed E-state index contributed by atoms with van der Waals surface area (Å²) in [5.74, 6) is 1.28. The van der Waals surface area contributed by atoms with Gasteiger partial charge in [0.25, 0.3) is 0 Å². The molecular weight excluding hydrogens is 280 g/mol. The minimum Gasteiger partial charge on any atom is -0.389 e. The zero-order valence-corrected chi connectivity index (χ0v) is 14.0. The minimum absolute atomic E-state index is 0.428. The molecule has 2 aromatic heterocycles. The normalized spacial score (nSPS) is 11.6. The lowest BCUT2D eigenvalue weighted by atomic mass is 10.1. The summed E-state index contributed by atoms with van der Waals surface area (Å²) < 4.78 is 1.80. The first kappa shape index (κ1) is 16.2. The van der Waals surface area contributed by atoms with E-state index in [9.17, 15) is 5.11 Å². The Kier molecular flexibility index (Phi) is 4.37. The van der Waals surface area contributed by atoms with E-state index in [1.54, 1.807) is 18.5 Å². The van der Waals surface area contributed by atoms with Crippen molar-refractivity contribution in [3.8, 4) is 0 Å². The zero-order chi connectivity index (χ0) is 16.5.